The van der Waals surface area contributed by atoms with Crippen molar-refractivity contribution in [2.24, 2.45) is 4.99 Å². The SMILES string of the molecule is O=C(O)NC1=CC=NC(=S)C1=S. The quantitative estimate of drug-likeness (QED) is 0.618. The number of amides is 1. The van der Waals surface area contributed by atoms with Gasteiger partial charge in [-0.1, -0.05) is 24.4 Å². The van der Waals surface area contributed by atoms with Gasteiger partial charge in [0.15, 0.2) is 0 Å². The van der Waals surface area contributed by atoms with Crippen molar-refractivity contribution in [3.8, 4) is 0 Å². The summed E-state index contributed by atoms with van der Waals surface area (Å²) in [5, 5.41) is 10.5. The van der Waals surface area contributed by atoms with Gasteiger partial charge >= 0.3 is 6.09 Å². The Morgan fingerprint density at radius 1 is 1.58 bits per heavy atom. The van der Waals surface area contributed by atoms with Gasteiger partial charge in [-0.15, -0.1) is 0 Å². The summed E-state index contributed by atoms with van der Waals surface area (Å²) >= 11 is 9.56. The normalized spacial score (nSPS) is 15.8. The van der Waals surface area contributed by atoms with E-state index in [1.165, 1.54) is 12.3 Å². The summed E-state index contributed by atoms with van der Waals surface area (Å²) in [6, 6.07) is 0. The number of hydrogen-bond donors (Lipinski definition) is 2. The largest absolute Gasteiger partial charge is 0.465 e. The van der Waals surface area contributed by atoms with Crippen LogP contribution < -0.4 is 5.32 Å². The van der Waals surface area contributed by atoms with Crippen LogP contribution in [0, 0.1) is 0 Å². The molecule has 0 saturated carbocycles. The lowest BCUT2D eigenvalue weighted by Gasteiger charge is -2.09. The number of aliphatic imine (C=N–C) groups is 1. The molecule has 1 aliphatic heterocycles. The highest BCUT2D eigenvalue weighted by Crippen LogP contribution is 2.02. The standard InChI is InChI=1S/C6H4N2O2S2/c9-6(10)8-3-1-2-7-5(12)4(3)11/h1-2,8H,(H,9,10). The molecule has 1 rings (SSSR count). The number of nitrogens with zero attached hydrogens (tertiary/aromatic N) is 1. The van der Waals surface area contributed by atoms with Crippen LogP contribution in [0.15, 0.2) is 16.8 Å². The molecular formula is C6H4N2O2S2. The van der Waals surface area contributed by atoms with Crippen LogP contribution in [0.4, 0.5) is 4.79 Å². The molecule has 1 amide bonds. The highest BCUT2D eigenvalue weighted by Gasteiger charge is 2.13. The molecule has 0 saturated heterocycles. The lowest BCUT2D eigenvalue weighted by atomic mass is 10.2. The second-order valence-electron chi connectivity index (χ2n) is 1.92. The zero-order valence-corrected chi connectivity index (χ0v) is 7.41. The lowest BCUT2D eigenvalue weighted by Crippen LogP contribution is -2.29. The van der Waals surface area contributed by atoms with Crippen molar-refractivity contribution in [2.75, 3.05) is 0 Å². The summed E-state index contributed by atoms with van der Waals surface area (Å²) < 4.78 is 0. The minimum absolute atomic E-state index is 0.233. The summed E-state index contributed by atoms with van der Waals surface area (Å²) in [7, 11) is 0. The van der Waals surface area contributed by atoms with Gasteiger partial charge in [0.25, 0.3) is 0 Å². The smallest absolute Gasteiger partial charge is 0.409 e. The first-order chi connectivity index (χ1) is 5.61. The number of carboxylic acid groups (broad SMARTS) is 1. The molecule has 1 heterocycles. The van der Waals surface area contributed by atoms with Crippen LogP contribution in [0.2, 0.25) is 0 Å². The molecule has 4 nitrogen and oxygen atoms in total. The molecule has 0 aliphatic carbocycles. The average Bonchev–Trinajstić information content (AvgIpc) is 1.98. The maximum atomic E-state index is 10.2. The molecule has 0 atom stereocenters. The first-order valence-electron chi connectivity index (χ1n) is 2.94. The Bertz CT molecular complexity index is 320. The summed E-state index contributed by atoms with van der Waals surface area (Å²) in [4.78, 5) is 14.4. The molecule has 0 aromatic rings. The van der Waals surface area contributed by atoms with Crippen LogP contribution in [-0.4, -0.2) is 27.3 Å². The van der Waals surface area contributed by atoms with E-state index in [1.807, 2.05) is 0 Å². The molecule has 62 valence electrons. The number of hydrogen-bond acceptors (Lipinski definition) is 3. The van der Waals surface area contributed by atoms with E-state index in [1.54, 1.807) is 0 Å². The molecule has 6 heteroatoms. The Labute approximate surface area is 79.0 Å². The van der Waals surface area contributed by atoms with Gasteiger partial charge < -0.3 is 5.11 Å². The van der Waals surface area contributed by atoms with Gasteiger partial charge in [0.2, 0.25) is 0 Å². The first kappa shape index (κ1) is 8.95. The minimum atomic E-state index is -1.17. The van der Waals surface area contributed by atoms with E-state index in [0.717, 1.165) is 0 Å². The maximum absolute atomic E-state index is 10.2. The van der Waals surface area contributed by atoms with E-state index in [0.29, 0.717) is 5.70 Å². The fourth-order valence-corrected chi connectivity index (χ4v) is 0.985. The second-order valence-corrected chi connectivity index (χ2v) is 2.72. The Morgan fingerprint density at radius 3 is 2.83 bits per heavy atom. The third-order valence-electron chi connectivity index (χ3n) is 1.11. The van der Waals surface area contributed by atoms with Gasteiger partial charge in [0.1, 0.15) is 4.99 Å². The Hall–Kier alpha value is -1.14. The average molecular weight is 200 g/mol. The Morgan fingerprint density at radius 2 is 2.25 bits per heavy atom. The third kappa shape index (κ3) is 1.93. The zero-order valence-electron chi connectivity index (χ0n) is 5.77. The number of carbonyl (C=O) groups is 1. The van der Waals surface area contributed by atoms with Crippen LogP contribution in [0.25, 0.3) is 0 Å². The zero-order chi connectivity index (χ0) is 9.14. The third-order valence-corrected chi connectivity index (χ3v) is 1.97. The van der Waals surface area contributed by atoms with E-state index in [-0.39, 0.29) is 9.85 Å². The van der Waals surface area contributed by atoms with Gasteiger partial charge in [-0.05, 0) is 6.08 Å². The highest BCUT2D eigenvalue weighted by molar-refractivity contribution is 7.89. The van der Waals surface area contributed by atoms with Crippen molar-refractivity contribution in [1.82, 2.24) is 5.32 Å². The number of dihydropyridines is 1. The Kier molecular flexibility index (Phi) is 2.61. The molecule has 0 aromatic carbocycles. The van der Waals surface area contributed by atoms with Gasteiger partial charge in [-0.25, -0.2) is 9.79 Å². The van der Waals surface area contributed by atoms with Crippen LogP contribution in [0.3, 0.4) is 0 Å². The minimum Gasteiger partial charge on any atom is -0.465 e. The molecule has 0 radical (unpaired) electrons. The van der Waals surface area contributed by atoms with Crippen molar-refractivity contribution >= 4 is 46.6 Å². The van der Waals surface area contributed by atoms with Gasteiger partial charge in [-0.3, -0.25) is 5.32 Å². The number of allylic oxidation sites excluding steroid dienone is 1. The fourth-order valence-electron chi connectivity index (χ4n) is 0.643. The van der Waals surface area contributed by atoms with E-state index in [4.69, 9.17) is 29.5 Å². The number of rotatable bonds is 1. The van der Waals surface area contributed by atoms with Crippen LogP contribution in [0.1, 0.15) is 0 Å². The molecule has 1 aliphatic rings. The fraction of sp³-hybridized carbons (Fsp3) is 0. The summed E-state index contributed by atoms with van der Waals surface area (Å²) in [6.45, 7) is 0. The van der Waals surface area contributed by atoms with Gasteiger partial charge in [0, 0.05) is 6.21 Å². The molecule has 0 unspecified atom stereocenters. The van der Waals surface area contributed by atoms with Crippen molar-refractivity contribution in [3.63, 3.8) is 0 Å². The molecule has 2 N–H and O–H groups in total. The second kappa shape index (κ2) is 3.51. The predicted octanol–water partition coefficient (Wildman–Crippen LogP) is 0.920. The predicted molar refractivity (Wildman–Crippen MR) is 52.9 cm³/mol. The van der Waals surface area contributed by atoms with E-state index in [2.05, 4.69) is 10.3 Å². The summed E-state index contributed by atoms with van der Waals surface area (Å²) in [5.41, 5.74) is 0.303. The van der Waals surface area contributed by atoms with Crippen LogP contribution in [-0.2, 0) is 0 Å². The van der Waals surface area contributed by atoms with Crippen molar-refractivity contribution in [1.29, 1.82) is 0 Å². The van der Waals surface area contributed by atoms with Gasteiger partial charge in [0.05, 0.1) is 10.6 Å². The molecule has 12 heavy (non-hydrogen) atoms. The summed E-state index contributed by atoms with van der Waals surface area (Å²) in [5.74, 6) is 0. The Balaban J connectivity index is 2.83. The number of nitrogens with one attached hydrogen (secondary N) is 1. The maximum Gasteiger partial charge on any atom is 0.409 e. The van der Waals surface area contributed by atoms with Crippen molar-refractivity contribution in [2.45, 2.75) is 0 Å². The summed E-state index contributed by atoms with van der Waals surface area (Å²) in [6.07, 6.45) is 1.71. The van der Waals surface area contributed by atoms with E-state index < -0.39 is 6.09 Å². The molecule has 0 spiro atoms. The van der Waals surface area contributed by atoms with Crippen LogP contribution in [0.5, 0.6) is 0 Å². The van der Waals surface area contributed by atoms with Crippen molar-refractivity contribution in [3.05, 3.63) is 11.8 Å². The van der Waals surface area contributed by atoms with Crippen molar-refractivity contribution < 1.29 is 9.90 Å². The van der Waals surface area contributed by atoms with E-state index in [9.17, 15) is 4.79 Å². The van der Waals surface area contributed by atoms with E-state index >= 15 is 0 Å². The first-order valence-corrected chi connectivity index (χ1v) is 3.76. The van der Waals surface area contributed by atoms with Gasteiger partial charge in [-0.2, -0.15) is 0 Å². The highest BCUT2D eigenvalue weighted by atomic mass is 32.1. The topological polar surface area (TPSA) is 61.7 Å². The number of thiocarbonyl (C=S) groups is 2. The lowest BCUT2D eigenvalue weighted by molar-refractivity contribution is 0.198. The monoisotopic (exact) mass is 200 g/mol. The molecule has 0 bridgehead atoms. The molecular weight excluding hydrogens is 196 g/mol. The molecule has 0 aromatic heterocycles. The molecule has 0 fully saturated rings. The van der Waals surface area contributed by atoms with Crippen LogP contribution >= 0.6 is 24.4 Å².